The van der Waals surface area contributed by atoms with E-state index < -0.39 is 6.43 Å². The van der Waals surface area contributed by atoms with Gasteiger partial charge < -0.3 is 0 Å². The third-order valence-electron chi connectivity index (χ3n) is 1.50. The standard InChI is InChI=1S/C8H4Br2F2N2/c9-5-3-4(1-2-13)6(10)7(14-5)8(11)12/h3,8H,1H2. The predicted molar refractivity (Wildman–Crippen MR) is 53.9 cm³/mol. The van der Waals surface area contributed by atoms with Gasteiger partial charge in [-0.2, -0.15) is 5.26 Å². The third-order valence-corrected chi connectivity index (χ3v) is 2.83. The van der Waals surface area contributed by atoms with Crippen LogP contribution in [0.3, 0.4) is 0 Å². The second kappa shape index (κ2) is 4.80. The molecule has 0 spiro atoms. The van der Waals surface area contributed by atoms with Crippen LogP contribution in [0.1, 0.15) is 17.7 Å². The molecule has 14 heavy (non-hydrogen) atoms. The monoisotopic (exact) mass is 324 g/mol. The molecule has 1 heterocycles. The van der Waals surface area contributed by atoms with E-state index in [2.05, 4.69) is 36.8 Å². The smallest absolute Gasteiger partial charge is 0.239 e. The van der Waals surface area contributed by atoms with E-state index in [-0.39, 0.29) is 16.6 Å². The van der Waals surface area contributed by atoms with Gasteiger partial charge in [-0.1, -0.05) is 0 Å². The highest BCUT2D eigenvalue weighted by Crippen LogP contribution is 2.30. The Balaban J connectivity index is 3.26. The first-order chi connectivity index (χ1) is 6.56. The molecule has 1 aromatic rings. The number of nitriles is 1. The largest absolute Gasteiger partial charge is 0.281 e. The molecular formula is C8H4Br2F2N2. The van der Waals surface area contributed by atoms with Crippen molar-refractivity contribution in [1.29, 1.82) is 5.26 Å². The van der Waals surface area contributed by atoms with Crippen LogP contribution in [0.5, 0.6) is 0 Å². The maximum atomic E-state index is 12.4. The molecule has 74 valence electrons. The molecule has 2 nitrogen and oxygen atoms in total. The van der Waals surface area contributed by atoms with Crippen LogP contribution >= 0.6 is 31.9 Å². The lowest BCUT2D eigenvalue weighted by molar-refractivity contribution is 0.145. The molecular weight excluding hydrogens is 322 g/mol. The summed E-state index contributed by atoms with van der Waals surface area (Å²) in [7, 11) is 0. The van der Waals surface area contributed by atoms with E-state index in [9.17, 15) is 8.78 Å². The predicted octanol–water partition coefficient (Wildman–Crippen LogP) is 3.61. The minimum atomic E-state index is -2.65. The molecule has 0 fully saturated rings. The van der Waals surface area contributed by atoms with Crippen molar-refractivity contribution in [3.63, 3.8) is 0 Å². The Morgan fingerprint density at radius 3 is 2.64 bits per heavy atom. The van der Waals surface area contributed by atoms with Crippen LogP contribution in [0.15, 0.2) is 15.1 Å². The van der Waals surface area contributed by atoms with Crippen LogP contribution in [0.2, 0.25) is 0 Å². The minimum absolute atomic E-state index is 0.0709. The molecule has 0 bridgehead atoms. The lowest BCUT2D eigenvalue weighted by Crippen LogP contribution is -1.97. The summed E-state index contributed by atoms with van der Waals surface area (Å²) in [5.74, 6) is 0. The molecule has 0 N–H and O–H groups in total. The van der Waals surface area contributed by atoms with E-state index in [0.717, 1.165) is 0 Å². The Hall–Kier alpha value is -0.540. The van der Waals surface area contributed by atoms with E-state index in [0.29, 0.717) is 10.2 Å². The lowest BCUT2D eigenvalue weighted by Gasteiger charge is -2.06. The summed E-state index contributed by atoms with van der Waals surface area (Å²) in [4.78, 5) is 3.63. The summed E-state index contributed by atoms with van der Waals surface area (Å²) in [6.07, 6.45) is -2.58. The zero-order valence-electron chi connectivity index (χ0n) is 6.77. The van der Waals surface area contributed by atoms with E-state index in [4.69, 9.17) is 5.26 Å². The van der Waals surface area contributed by atoms with Gasteiger partial charge in [0.25, 0.3) is 6.43 Å². The molecule has 0 amide bonds. The summed E-state index contributed by atoms with van der Waals surface area (Å²) in [6.45, 7) is 0. The highest BCUT2D eigenvalue weighted by molar-refractivity contribution is 9.11. The average Bonchev–Trinajstić information content (AvgIpc) is 2.10. The Kier molecular flexibility index (Phi) is 3.96. The first-order valence-corrected chi connectivity index (χ1v) is 5.14. The normalized spacial score (nSPS) is 10.3. The van der Waals surface area contributed by atoms with Gasteiger partial charge in [0.2, 0.25) is 0 Å². The van der Waals surface area contributed by atoms with Crippen molar-refractivity contribution in [3.8, 4) is 6.07 Å². The molecule has 0 aliphatic heterocycles. The van der Waals surface area contributed by atoms with Gasteiger partial charge in [-0.3, -0.25) is 0 Å². The molecule has 0 atom stereocenters. The first-order valence-electron chi connectivity index (χ1n) is 3.56. The second-order valence-electron chi connectivity index (χ2n) is 2.44. The Bertz CT molecular complexity index is 388. The Labute approximate surface area is 96.2 Å². The van der Waals surface area contributed by atoms with E-state index in [1.165, 1.54) is 0 Å². The molecule has 0 saturated heterocycles. The van der Waals surface area contributed by atoms with Crippen LogP contribution in [-0.4, -0.2) is 4.98 Å². The van der Waals surface area contributed by atoms with Gasteiger partial charge in [-0.25, -0.2) is 13.8 Å². The molecule has 0 saturated carbocycles. The fraction of sp³-hybridized carbons (Fsp3) is 0.250. The quantitative estimate of drug-likeness (QED) is 0.779. The number of nitrogens with zero attached hydrogens (tertiary/aromatic N) is 2. The van der Waals surface area contributed by atoms with Crippen molar-refractivity contribution < 1.29 is 8.78 Å². The van der Waals surface area contributed by atoms with E-state index in [1.54, 1.807) is 6.07 Å². The Morgan fingerprint density at radius 2 is 2.14 bits per heavy atom. The molecule has 0 aliphatic carbocycles. The van der Waals surface area contributed by atoms with Crippen LogP contribution in [-0.2, 0) is 6.42 Å². The number of alkyl halides is 2. The van der Waals surface area contributed by atoms with Gasteiger partial charge in [-0.05, 0) is 43.5 Å². The number of rotatable bonds is 2. The van der Waals surface area contributed by atoms with Crippen molar-refractivity contribution in [3.05, 3.63) is 26.4 Å². The van der Waals surface area contributed by atoms with Crippen molar-refractivity contribution in [1.82, 2.24) is 4.98 Å². The zero-order chi connectivity index (χ0) is 10.7. The zero-order valence-corrected chi connectivity index (χ0v) is 9.94. The van der Waals surface area contributed by atoms with Gasteiger partial charge in [-0.15, -0.1) is 0 Å². The van der Waals surface area contributed by atoms with E-state index in [1.807, 2.05) is 6.07 Å². The number of aromatic nitrogens is 1. The van der Waals surface area contributed by atoms with Crippen molar-refractivity contribution in [2.45, 2.75) is 12.8 Å². The minimum Gasteiger partial charge on any atom is -0.239 e. The van der Waals surface area contributed by atoms with E-state index >= 15 is 0 Å². The van der Waals surface area contributed by atoms with Crippen LogP contribution < -0.4 is 0 Å². The Morgan fingerprint density at radius 1 is 1.50 bits per heavy atom. The van der Waals surface area contributed by atoms with Crippen molar-refractivity contribution >= 4 is 31.9 Å². The number of hydrogen-bond acceptors (Lipinski definition) is 2. The molecule has 0 radical (unpaired) electrons. The third kappa shape index (κ3) is 2.49. The summed E-state index contributed by atoms with van der Waals surface area (Å²) in [5, 5.41) is 8.47. The molecule has 0 aromatic carbocycles. The lowest BCUT2D eigenvalue weighted by atomic mass is 10.2. The molecule has 1 aromatic heterocycles. The first kappa shape index (κ1) is 11.5. The molecule has 6 heteroatoms. The molecule has 0 aliphatic rings. The fourth-order valence-corrected chi connectivity index (χ4v) is 1.91. The highest BCUT2D eigenvalue weighted by Gasteiger charge is 2.17. The van der Waals surface area contributed by atoms with Crippen molar-refractivity contribution in [2.75, 3.05) is 0 Å². The molecule has 0 unspecified atom stereocenters. The number of hydrogen-bond donors (Lipinski definition) is 0. The number of halogens is 4. The SMILES string of the molecule is N#CCc1cc(Br)nc(C(F)F)c1Br. The van der Waals surface area contributed by atoms with Crippen molar-refractivity contribution in [2.24, 2.45) is 0 Å². The number of pyridine rings is 1. The van der Waals surface area contributed by atoms with Gasteiger partial charge in [0.1, 0.15) is 10.3 Å². The maximum Gasteiger partial charge on any atom is 0.281 e. The van der Waals surface area contributed by atoms with Gasteiger partial charge in [0, 0.05) is 4.47 Å². The highest BCUT2D eigenvalue weighted by atomic mass is 79.9. The molecule has 1 rings (SSSR count). The van der Waals surface area contributed by atoms with Gasteiger partial charge >= 0.3 is 0 Å². The van der Waals surface area contributed by atoms with Crippen LogP contribution in [0.4, 0.5) is 8.78 Å². The fourth-order valence-electron chi connectivity index (χ4n) is 0.926. The maximum absolute atomic E-state index is 12.4. The van der Waals surface area contributed by atoms with Gasteiger partial charge in [0.05, 0.1) is 12.5 Å². The average molecular weight is 326 g/mol. The summed E-state index contributed by atoms with van der Waals surface area (Å²) in [6, 6.07) is 3.44. The van der Waals surface area contributed by atoms with Crippen LogP contribution in [0, 0.1) is 11.3 Å². The van der Waals surface area contributed by atoms with Crippen LogP contribution in [0.25, 0.3) is 0 Å². The summed E-state index contributed by atoms with van der Waals surface area (Å²) >= 11 is 6.01. The van der Waals surface area contributed by atoms with Gasteiger partial charge in [0.15, 0.2) is 0 Å². The summed E-state index contributed by atoms with van der Waals surface area (Å²) in [5.41, 5.74) is 0.161. The second-order valence-corrected chi connectivity index (χ2v) is 4.04. The topological polar surface area (TPSA) is 36.7 Å². The summed E-state index contributed by atoms with van der Waals surface area (Å²) < 4.78 is 25.4.